The van der Waals surface area contributed by atoms with Gasteiger partial charge in [0.1, 0.15) is 17.4 Å². The van der Waals surface area contributed by atoms with Crippen molar-refractivity contribution in [2.75, 3.05) is 31.2 Å². The number of ether oxygens (including phenoxy) is 1. The number of benzene rings is 1. The van der Waals surface area contributed by atoms with Crippen LogP contribution < -0.4 is 4.90 Å². The highest BCUT2D eigenvalue weighted by Crippen LogP contribution is 2.26. The van der Waals surface area contributed by atoms with Crippen LogP contribution in [0, 0.1) is 11.3 Å². The maximum Gasteiger partial charge on any atom is 0.199 e. The summed E-state index contributed by atoms with van der Waals surface area (Å²) in [7, 11) is 0. The van der Waals surface area contributed by atoms with Crippen molar-refractivity contribution in [3.63, 3.8) is 0 Å². The minimum Gasteiger partial charge on any atom is -0.507 e. The van der Waals surface area contributed by atoms with Gasteiger partial charge in [0.05, 0.1) is 24.3 Å². The number of ketones is 1. The van der Waals surface area contributed by atoms with E-state index >= 15 is 0 Å². The fourth-order valence-electron chi connectivity index (χ4n) is 2.98. The zero-order chi connectivity index (χ0) is 19.0. The zero-order valence-electron chi connectivity index (χ0n) is 14.1. The first kappa shape index (κ1) is 17.3. The molecule has 3 aromatic rings. The number of hydrogen-bond donors (Lipinski definition) is 1. The van der Waals surface area contributed by atoms with Crippen LogP contribution in [0.3, 0.4) is 0 Å². The highest BCUT2D eigenvalue weighted by Gasteiger charge is 2.23. The molecule has 8 nitrogen and oxygen atoms in total. The first-order chi connectivity index (χ1) is 13.1. The van der Waals surface area contributed by atoms with E-state index < -0.39 is 5.78 Å². The smallest absolute Gasteiger partial charge is 0.199 e. The summed E-state index contributed by atoms with van der Waals surface area (Å²) in [6.07, 6.45) is 2.86. The van der Waals surface area contributed by atoms with Gasteiger partial charge in [-0.15, -0.1) is 5.10 Å². The van der Waals surface area contributed by atoms with Crippen molar-refractivity contribution in [3.8, 4) is 11.8 Å². The summed E-state index contributed by atoms with van der Waals surface area (Å²) in [4.78, 5) is 18.9. The van der Waals surface area contributed by atoms with Gasteiger partial charge in [-0.05, 0) is 18.2 Å². The quantitative estimate of drug-likeness (QED) is 0.690. The molecule has 0 bridgehead atoms. The summed E-state index contributed by atoms with van der Waals surface area (Å²) in [5, 5.41) is 24.3. The minimum atomic E-state index is -0.439. The van der Waals surface area contributed by atoms with E-state index in [2.05, 4.69) is 16.2 Å². The number of nitrogens with zero attached hydrogens (tertiary/aromatic N) is 5. The van der Waals surface area contributed by atoms with Crippen molar-refractivity contribution in [3.05, 3.63) is 52.3 Å². The lowest BCUT2D eigenvalue weighted by Gasteiger charge is -2.26. The molecular weight excluding hydrogens is 370 g/mol. The van der Waals surface area contributed by atoms with Crippen molar-refractivity contribution in [1.29, 1.82) is 5.26 Å². The molecule has 0 aliphatic carbocycles. The largest absolute Gasteiger partial charge is 0.507 e. The first-order valence-corrected chi connectivity index (χ1v) is 8.60. The molecule has 136 valence electrons. The Bertz CT molecular complexity index is 1080. The number of halogens is 1. The monoisotopic (exact) mass is 383 g/mol. The van der Waals surface area contributed by atoms with E-state index in [4.69, 9.17) is 16.3 Å². The molecule has 0 atom stereocenters. The molecule has 4 rings (SSSR count). The third kappa shape index (κ3) is 3.07. The van der Waals surface area contributed by atoms with Gasteiger partial charge in [-0.3, -0.25) is 4.79 Å². The van der Waals surface area contributed by atoms with Crippen LogP contribution in [0.2, 0.25) is 5.02 Å². The van der Waals surface area contributed by atoms with Crippen molar-refractivity contribution in [2.45, 2.75) is 0 Å². The molecule has 1 aliphatic rings. The number of phenols is 1. The normalized spacial score (nSPS) is 14.3. The van der Waals surface area contributed by atoms with Crippen LogP contribution in [0.1, 0.15) is 21.5 Å². The molecule has 0 saturated carbocycles. The van der Waals surface area contributed by atoms with E-state index in [9.17, 15) is 15.2 Å². The number of carbonyl (C=O) groups excluding carboxylic acids is 1. The van der Waals surface area contributed by atoms with Gasteiger partial charge in [0.15, 0.2) is 17.2 Å². The lowest BCUT2D eigenvalue weighted by atomic mass is 10.1. The molecule has 1 aromatic carbocycles. The lowest BCUT2D eigenvalue weighted by Crippen LogP contribution is -2.36. The average Bonchev–Trinajstić information content (AvgIpc) is 3.07. The zero-order valence-corrected chi connectivity index (χ0v) is 14.8. The van der Waals surface area contributed by atoms with Crippen LogP contribution in [-0.4, -0.2) is 51.8 Å². The predicted octanol–water partition coefficient (Wildman–Crippen LogP) is 2.03. The Hall–Kier alpha value is -3.15. The molecule has 1 aliphatic heterocycles. The van der Waals surface area contributed by atoms with Crippen molar-refractivity contribution in [2.24, 2.45) is 0 Å². The molecule has 2 aromatic heterocycles. The van der Waals surface area contributed by atoms with Crippen molar-refractivity contribution < 1.29 is 14.6 Å². The van der Waals surface area contributed by atoms with Crippen LogP contribution >= 0.6 is 11.6 Å². The predicted molar refractivity (Wildman–Crippen MR) is 97.3 cm³/mol. The van der Waals surface area contributed by atoms with Gasteiger partial charge < -0.3 is 14.7 Å². The summed E-state index contributed by atoms with van der Waals surface area (Å²) in [6, 6.07) is 6.39. The first-order valence-electron chi connectivity index (χ1n) is 8.23. The Morgan fingerprint density at radius 1 is 1.33 bits per heavy atom. The summed E-state index contributed by atoms with van der Waals surface area (Å²) < 4.78 is 6.75. The van der Waals surface area contributed by atoms with E-state index in [0.29, 0.717) is 48.4 Å². The van der Waals surface area contributed by atoms with E-state index in [1.54, 1.807) is 0 Å². The Morgan fingerprint density at radius 2 is 2.11 bits per heavy atom. The number of carbonyl (C=O) groups is 1. The van der Waals surface area contributed by atoms with Crippen LogP contribution in [0.4, 0.5) is 5.82 Å². The summed E-state index contributed by atoms with van der Waals surface area (Å²) in [5.74, 6) is -0.0912. The molecule has 0 unspecified atom stereocenters. The third-order valence-electron chi connectivity index (χ3n) is 4.34. The molecule has 9 heteroatoms. The van der Waals surface area contributed by atoms with Crippen LogP contribution in [0.25, 0.3) is 5.65 Å². The molecule has 0 amide bonds. The average molecular weight is 384 g/mol. The summed E-state index contributed by atoms with van der Waals surface area (Å²) >= 11 is 5.92. The van der Waals surface area contributed by atoms with E-state index in [1.807, 2.05) is 4.90 Å². The lowest BCUT2D eigenvalue weighted by molar-refractivity contribution is 0.103. The van der Waals surface area contributed by atoms with Gasteiger partial charge in [-0.2, -0.15) is 5.26 Å². The van der Waals surface area contributed by atoms with Gasteiger partial charge in [-0.25, -0.2) is 9.50 Å². The van der Waals surface area contributed by atoms with E-state index in [-0.39, 0.29) is 16.9 Å². The Balaban J connectivity index is 1.77. The van der Waals surface area contributed by atoms with Gasteiger partial charge in [0.25, 0.3) is 0 Å². The second-order valence-corrected chi connectivity index (χ2v) is 6.45. The highest BCUT2D eigenvalue weighted by atomic mass is 35.5. The van der Waals surface area contributed by atoms with E-state index in [0.717, 1.165) is 0 Å². The molecule has 3 heterocycles. The topological polar surface area (TPSA) is 104 Å². The van der Waals surface area contributed by atoms with Gasteiger partial charge in [-0.1, -0.05) is 11.6 Å². The summed E-state index contributed by atoms with van der Waals surface area (Å²) in [5.41, 5.74) is 1.01. The number of morpholine rings is 1. The second kappa shape index (κ2) is 6.87. The molecule has 1 N–H and O–H groups in total. The molecule has 1 saturated heterocycles. The minimum absolute atomic E-state index is 0.0738. The van der Waals surface area contributed by atoms with Crippen molar-refractivity contribution in [1.82, 2.24) is 14.6 Å². The Kier molecular flexibility index (Phi) is 4.39. The number of fused-ring (bicyclic) bond motifs is 1. The number of nitriles is 1. The van der Waals surface area contributed by atoms with Crippen molar-refractivity contribution >= 4 is 28.8 Å². The Morgan fingerprint density at radius 3 is 2.85 bits per heavy atom. The number of anilines is 1. The van der Waals surface area contributed by atoms with Gasteiger partial charge in [0.2, 0.25) is 0 Å². The highest BCUT2D eigenvalue weighted by molar-refractivity contribution is 6.31. The fourth-order valence-corrected chi connectivity index (χ4v) is 3.15. The summed E-state index contributed by atoms with van der Waals surface area (Å²) in [6.45, 7) is 2.37. The molecule has 27 heavy (non-hydrogen) atoms. The maximum absolute atomic E-state index is 12.7. The van der Waals surface area contributed by atoms with Gasteiger partial charge in [0, 0.05) is 30.5 Å². The van der Waals surface area contributed by atoms with Crippen LogP contribution in [0.15, 0.2) is 30.6 Å². The maximum atomic E-state index is 12.7. The molecule has 1 fully saturated rings. The Labute approximate surface area is 159 Å². The number of aromatic hydroxyl groups is 1. The molecule has 0 spiro atoms. The van der Waals surface area contributed by atoms with Crippen LogP contribution in [0.5, 0.6) is 5.75 Å². The fraction of sp³-hybridized carbons (Fsp3) is 0.222. The van der Waals surface area contributed by atoms with Gasteiger partial charge >= 0.3 is 0 Å². The standard InChI is InChI=1S/C18H14ClN5O3/c19-12-1-2-15(25)13(7-12)16(26)11-9-21-17-14(8-20)18(22-24(17)10-11)23-3-5-27-6-4-23/h1-2,7,9-10,25H,3-6H2. The number of aromatic nitrogens is 3. The molecule has 0 radical (unpaired) electrons. The SMILES string of the molecule is N#Cc1c(N2CCOCC2)nn2cc(C(=O)c3cc(Cl)ccc3O)cnc12. The second-order valence-electron chi connectivity index (χ2n) is 6.01. The number of hydrogen-bond acceptors (Lipinski definition) is 7. The third-order valence-corrected chi connectivity index (χ3v) is 4.58. The molecular formula is C18H14ClN5O3. The van der Waals surface area contributed by atoms with Crippen LogP contribution in [-0.2, 0) is 4.74 Å². The number of phenolic OH excluding ortho intramolecular Hbond substituents is 1. The van der Waals surface area contributed by atoms with E-state index in [1.165, 1.54) is 35.1 Å². The number of rotatable bonds is 3.